The molecule has 1 heterocycles. The number of nitrogens with two attached hydrogens (primary N) is 1. The Hall–Kier alpha value is -0.610. The highest BCUT2D eigenvalue weighted by Gasteiger charge is 2.22. The molecule has 0 aromatic rings. The summed E-state index contributed by atoms with van der Waals surface area (Å²) in [6, 6.07) is 0. The Balaban J connectivity index is 2.28. The first-order valence-electron chi connectivity index (χ1n) is 6.15. The minimum Gasteiger partial charge on any atom is -0.345 e. The molecule has 0 bridgehead atoms. The molecule has 1 amide bonds. The van der Waals surface area contributed by atoms with Gasteiger partial charge in [-0.15, -0.1) is 0 Å². The van der Waals surface area contributed by atoms with E-state index >= 15 is 0 Å². The fraction of sp³-hybridized carbons (Fsp3) is 0.917. The highest BCUT2D eigenvalue weighted by Crippen LogP contribution is 2.15. The van der Waals surface area contributed by atoms with Gasteiger partial charge < -0.3 is 15.5 Å². The number of amides is 1. The van der Waals surface area contributed by atoms with Crippen molar-refractivity contribution in [2.24, 2.45) is 17.6 Å². The van der Waals surface area contributed by atoms with Crippen molar-refractivity contribution in [1.82, 2.24) is 9.80 Å². The molecule has 1 rings (SSSR count). The molecule has 0 aliphatic carbocycles. The second-order valence-electron chi connectivity index (χ2n) is 5.24. The van der Waals surface area contributed by atoms with Gasteiger partial charge in [0, 0.05) is 26.6 Å². The van der Waals surface area contributed by atoms with Crippen LogP contribution in [-0.4, -0.2) is 56.0 Å². The third-order valence-corrected chi connectivity index (χ3v) is 3.37. The van der Waals surface area contributed by atoms with E-state index in [1.807, 2.05) is 18.9 Å². The van der Waals surface area contributed by atoms with Crippen molar-refractivity contribution in [2.45, 2.75) is 19.8 Å². The minimum atomic E-state index is 0.229. The van der Waals surface area contributed by atoms with Gasteiger partial charge in [0.25, 0.3) is 0 Å². The van der Waals surface area contributed by atoms with E-state index in [0.29, 0.717) is 24.8 Å². The van der Waals surface area contributed by atoms with Gasteiger partial charge in [0.05, 0.1) is 0 Å². The summed E-state index contributed by atoms with van der Waals surface area (Å²) in [4.78, 5) is 16.0. The maximum absolute atomic E-state index is 11.8. The summed E-state index contributed by atoms with van der Waals surface area (Å²) >= 11 is 0. The number of carbonyl (C=O) groups is 1. The quantitative estimate of drug-likeness (QED) is 0.739. The second-order valence-corrected chi connectivity index (χ2v) is 5.24. The molecule has 94 valence electrons. The van der Waals surface area contributed by atoms with Crippen LogP contribution in [0.4, 0.5) is 0 Å². The van der Waals surface area contributed by atoms with Crippen molar-refractivity contribution in [2.75, 3.05) is 40.3 Å². The summed E-state index contributed by atoms with van der Waals surface area (Å²) < 4.78 is 0. The van der Waals surface area contributed by atoms with E-state index in [0.717, 1.165) is 19.6 Å². The lowest BCUT2D eigenvalue weighted by Crippen LogP contribution is -2.34. The SMILES string of the molecule is CC(CN)CC(=O)N(C)CC1CCN(C)C1. The molecule has 1 aliphatic rings. The van der Waals surface area contributed by atoms with Crippen LogP contribution < -0.4 is 5.73 Å². The van der Waals surface area contributed by atoms with Crippen LogP contribution in [0.15, 0.2) is 0 Å². The molecule has 2 atom stereocenters. The van der Waals surface area contributed by atoms with Gasteiger partial charge in [0.2, 0.25) is 5.91 Å². The van der Waals surface area contributed by atoms with Crippen molar-refractivity contribution in [1.29, 1.82) is 0 Å². The van der Waals surface area contributed by atoms with E-state index in [2.05, 4.69) is 11.9 Å². The lowest BCUT2D eigenvalue weighted by atomic mass is 10.1. The molecule has 0 spiro atoms. The molecule has 1 aliphatic heterocycles. The van der Waals surface area contributed by atoms with Gasteiger partial charge in [-0.25, -0.2) is 0 Å². The standard InChI is InChI=1S/C12H25N3O/c1-10(7-13)6-12(16)15(3)9-11-4-5-14(2)8-11/h10-11H,4-9,13H2,1-3H3. The van der Waals surface area contributed by atoms with Crippen LogP contribution in [0.25, 0.3) is 0 Å². The molecule has 1 fully saturated rings. The van der Waals surface area contributed by atoms with E-state index < -0.39 is 0 Å². The Morgan fingerprint density at radius 1 is 1.62 bits per heavy atom. The predicted octanol–water partition coefficient (Wildman–Crippen LogP) is 0.381. The largest absolute Gasteiger partial charge is 0.345 e. The van der Waals surface area contributed by atoms with Crippen LogP contribution >= 0.6 is 0 Å². The van der Waals surface area contributed by atoms with Gasteiger partial charge in [0.15, 0.2) is 0 Å². The summed E-state index contributed by atoms with van der Waals surface area (Å²) in [7, 11) is 4.04. The van der Waals surface area contributed by atoms with E-state index in [1.165, 1.54) is 6.42 Å². The molecule has 4 heteroatoms. The first-order valence-corrected chi connectivity index (χ1v) is 6.15. The van der Waals surface area contributed by atoms with E-state index in [-0.39, 0.29) is 5.91 Å². The van der Waals surface area contributed by atoms with Gasteiger partial charge in [-0.3, -0.25) is 4.79 Å². The molecule has 0 aromatic carbocycles. The van der Waals surface area contributed by atoms with Crippen molar-refractivity contribution >= 4 is 5.91 Å². The number of carbonyl (C=O) groups excluding carboxylic acids is 1. The second kappa shape index (κ2) is 6.21. The molecular formula is C12H25N3O. The highest BCUT2D eigenvalue weighted by molar-refractivity contribution is 5.76. The molecule has 2 N–H and O–H groups in total. The molecule has 4 nitrogen and oxygen atoms in total. The first-order chi connectivity index (χ1) is 7.52. The van der Waals surface area contributed by atoms with Crippen LogP contribution in [0.5, 0.6) is 0 Å². The fourth-order valence-electron chi connectivity index (χ4n) is 2.20. The van der Waals surface area contributed by atoms with Gasteiger partial charge in [-0.05, 0) is 38.4 Å². The van der Waals surface area contributed by atoms with Crippen molar-refractivity contribution in [3.63, 3.8) is 0 Å². The van der Waals surface area contributed by atoms with Gasteiger partial charge in [-0.1, -0.05) is 6.92 Å². The van der Waals surface area contributed by atoms with Gasteiger partial charge >= 0.3 is 0 Å². The Morgan fingerprint density at radius 2 is 2.31 bits per heavy atom. The van der Waals surface area contributed by atoms with E-state index in [9.17, 15) is 4.79 Å². The van der Waals surface area contributed by atoms with Crippen LogP contribution in [0.2, 0.25) is 0 Å². The van der Waals surface area contributed by atoms with Crippen LogP contribution in [0, 0.1) is 11.8 Å². The zero-order chi connectivity index (χ0) is 12.1. The van der Waals surface area contributed by atoms with Gasteiger partial charge in [-0.2, -0.15) is 0 Å². The summed E-state index contributed by atoms with van der Waals surface area (Å²) in [6.07, 6.45) is 1.79. The van der Waals surface area contributed by atoms with E-state index in [1.54, 1.807) is 0 Å². The average Bonchev–Trinajstić information content (AvgIpc) is 2.63. The number of nitrogens with zero attached hydrogens (tertiary/aromatic N) is 2. The maximum atomic E-state index is 11.8. The third-order valence-electron chi connectivity index (χ3n) is 3.37. The lowest BCUT2D eigenvalue weighted by molar-refractivity contribution is -0.131. The smallest absolute Gasteiger partial charge is 0.222 e. The van der Waals surface area contributed by atoms with Crippen molar-refractivity contribution in [3.8, 4) is 0 Å². The zero-order valence-corrected chi connectivity index (χ0v) is 10.8. The Kier molecular flexibility index (Phi) is 5.22. The fourth-order valence-corrected chi connectivity index (χ4v) is 2.20. The summed E-state index contributed by atoms with van der Waals surface area (Å²) in [5.41, 5.74) is 5.52. The molecule has 0 radical (unpaired) electrons. The number of hydrogen-bond donors (Lipinski definition) is 1. The van der Waals surface area contributed by atoms with Crippen LogP contribution in [0.1, 0.15) is 19.8 Å². The van der Waals surface area contributed by atoms with E-state index in [4.69, 9.17) is 5.73 Å². The molecule has 2 unspecified atom stereocenters. The lowest BCUT2D eigenvalue weighted by Gasteiger charge is -2.22. The zero-order valence-electron chi connectivity index (χ0n) is 10.8. The summed E-state index contributed by atoms with van der Waals surface area (Å²) in [5, 5.41) is 0. The number of hydrogen-bond acceptors (Lipinski definition) is 3. The molecule has 0 aromatic heterocycles. The monoisotopic (exact) mass is 227 g/mol. The highest BCUT2D eigenvalue weighted by atomic mass is 16.2. The summed E-state index contributed by atoms with van der Waals surface area (Å²) in [6.45, 7) is 5.78. The Morgan fingerprint density at radius 3 is 2.81 bits per heavy atom. The first kappa shape index (κ1) is 13.5. The van der Waals surface area contributed by atoms with Crippen molar-refractivity contribution < 1.29 is 4.79 Å². The topological polar surface area (TPSA) is 49.6 Å². The minimum absolute atomic E-state index is 0.229. The third kappa shape index (κ3) is 4.10. The molecule has 0 saturated carbocycles. The van der Waals surface area contributed by atoms with Crippen molar-refractivity contribution in [3.05, 3.63) is 0 Å². The molecular weight excluding hydrogens is 202 g/mol. The van der Waals surface area contributed by atoms with Crippen LogP contribution in [0.3, 0.4) is 0 Å². The number of likely N-dealkylation sites (tertiary alicyclic amines) is 1. The van der Waals surface area contributed by atoms with Gasteiger partial charge in [0.1, 0.15) is 0 Å². The normalized spacial score (nSPS) is 23.4. The average molecular weight is 227 g/mol. The maximum Gasteiger partial charge on any atom is 0.222 e. The Labute approximate surface area is 98.8 Å². The number of rotatable bonds is 5. The predicted molar refractivity (Wildman–Crippen MR) is 66.1 cm³/mol. The Bertz CT molecular complexity index is 232. The molecule has 16 heavy (non-hydrogen) atoms. The summed E-state index contributed by atoms with van der Waals surface area (Å²) in [5.74, 6) is 1.17. The molecule has 1 saturated heterocycles. The van der Waals surface area contributed by atoms with Crippen LogP contribution in [-0.2, 0) is 4.79 Å².